The molecular formula is C17H19NO7S. The molecule has 8 nitrogen and oxygen atoms in total. The van der Waals surface area contributed by atoms with Gasteiger partial charge in [0.25, 0.3) is 0 Å². The molecule has 0 amide bonds. The number of hydrogen-bond donors (Lipinski definition) is 1. The van der Waals surface area contributed by atoms with Crippen LogP contribution in [0.4, 0.5) is 4.79 Å². The minimum atomic E-state index is -1.08. The second-order valence-corrected chi connectivity index (χ2v) is 7.48. The van der Waals surface area contributed by atoms with E-state index in [1.165, 1.54) is 6.92 Å². The van der Waals surface area contributed by atoms with Crippen molar-refractivity contribution in [3.8, 4) is 5.75 Å². The maximum absolute atomic E-state index is 12.2. The Labute approximate surface area is 153 Å². The molecule has 0 bridgehead atoms. The fourth-order valence-electron chi connectivity index (χ4n) is 1.89. The van der Waals surface area contributed by atoms with Crippen LogP contribution in [0.2, 0.25) is 0 Å². The average Bonchev–Trinajstić information content (AvgIpc) is 2.90. The Morgan fingerprint density at radius 3 is 2.46 bits per heavy atom. The topological polar surface area (TPSA) is 122 Å². The third-order valence-electron chi connectivity index (χ3n) is 3.47. The molecule has 140 valence electrons. The molecule has 0 radical (unpaired) electrons. The van der Waals surface area contributed by atoms with Gasteiger partial charge in [0.2, 0.25) is 0 Å². The molecule has 9 heteroatoms. The van der Waals surface area contributed by atoms with E-state index in [9.17, 15) is 14.4 Å². The Hall–Kier alpha value is -2.52. The normalized spacial score (nSPS) is 12.5. The van der Waals surface area contributed by atoms with Crippen molar-refractivity contribution in [1.82, 2.24) is 0 Å². The molecule has 2 rings (SSSR count). The number of nitrogens with two attached hydrogens (primary N) is 1. The Balaban J connectivity index is 1.91. The summed E-state index contributed by atoms with van der Waals surface area (Å²) in [5, 5.41) is -0.679. The van der Waals surface area contributed by atoms with Crippen LogP contribution in [0.3, 0.4) is 0 Å². The standard InChI is InChI=1S/C17H19NO7S/c1-10-12(25-15(20)23-10)9-22-16(21)26-17(2,3)13(18)14(19)24-11-7-5-4-6-8-11/h4-8,13H,9,18H2,1-3H3/t13-/m0/s1. The van der Waals surface area contributed by atoms with Gasteiger partial charge in [-0.3, -0.25) is 0 Å². The first-order valence-corrected chi connectivity index (χ1v) is 8.48. The summed E-state index contributed by atoms with van der Waals surface area (Å²) in [6, 6.07) is 7.41. The van der Waals surface area contributed by atoms with Crippen LogP contribution in [0.1, 0.15) is 25.4 Å². The number of aryl methyl sites for hydroxylation is 1. The Morgan fingerprint density at radius 1 is 1.23 bits per heavy atom. The van der Waals surface area contributed by atoms with Crippen molar-refractivity contribution in [3.63, 3.8) is 0 Å². The van der Waals surface area contributed by atoms with Gasteiger partial charge in [-0.15, -0.1) is 0 Å². The summed E-state index contributed by atoms with van der Waals surface area (Å²) < 4.78 is 18.7. The van der Waals surface area contributed by atoms with Gasteiger partial charge in [0.15, 0.2) is 18.1 Å². The van der Waals surface area contributed by atoms with Crippen LogP contribution in [0.15, 0.2) is 44.0 Å². The molecule has 0 aliphatic carbocycles. The highest BCUT2D eigenvalue weighted by molar-refractivity contribution is 8.14. The largest absolute Gasteiger partial charge is 0.519 e. The Kier molecular flexibility index (Phi) is 6.27. The molecule has 0 saturated carbocycles. The summed E-state index contributed by atoms with van der Waals surface area (Å²) in [4.78, 5) is 35.2. The van der Waals surface area contributed by atoms with Crippen molar-refractivity contribution in [3.05, 3.63) is 52.5 Å². The molecule has 0 aliphatic heterocycles. The van der Waals surface area contributed by atoms with Gasteiger partial charge in [0, 0.05) is 4.75 Å². The van der Waals surface area contributed by atoms with Gasteiger partial charge in [0.05, 0.1) is 0 Å². The fraction of sp³-hybridized carbons (Fsp3) is 0.353. The van der Waals surface area contributed by atoms with E-state index in [2.05, 4.69) is 4.42 Å². The van der Waals surface area contributed by atoms with Crippen molar-refractivity contribution in [1.29, 1.82) is 0 Å². The predicted molar refractivity (Wildman–Crippen MR) is 93.9 cm³/mol. The Bertz CT molecular complexity index is 825. The number of carbonyl (C=O) groups is 2. The molecule has 0 spiro atoms. The second-order valence-electron chi connectivity index (χ2n) is 5.89. The zero-order chi connectivity index (χ0) is 19.3. The van der Waals surface area contributed by atoms with Crippen LogP contribution < -0.4 is 16.3 Å². The van der Waals surface area contributed by atoms with Gasteiger partial charge in [-0.25, -0.2) is 14.4 Å². The molecule has 0 unspecified atom stereocenters. The SMILES string of the molecule is Cc1oc(=O)oc1COC(=O)SC(C)(C)[C@@H](N)C(=O)Oc1ccccc1. The summed E-state index contributed by atoms with van der Waals surface area (Å²) in [5.74, 6) is -0.822. The first kappa shape index (κ1) is 19.8. The summed E-state index contributed by atoms with van der Waals surface area (Å²) in [6.45, 7) is 4.50. The number of para-hydroxylation sites is 1. The molecule has 0 aliphatic rings. The van der Waals surface area contributed by atoms with Crippen molar-refractivity contribution >= 4 is 23.0 Å². The summed E-state index contributed by atoms with van der Waals surface area (Å²) in [7, 11) is 0. The van der Waals surface area contributed by atoms with Gasteiger partial charge in [-0.1, -0.05) is 18.2 Å². The van der Waals surface area contributed by atoms with Gasteiger partial charge >= 0.3 is 17.1 Å². The van der Waals surface area contributed by atoms with Crippen LogP contribution in [-0.4, -0.2) is 22.1 Å². The second kappa shape index (κ2) is 8.24. The number of ether oxygens (including phenoxy) is 2. The molecule has 1 aromatic carbocycles. The summed E-state index contributed by atoms with van der Waals surface area (Å²) in [6.07, 6.45) is 0. The van der Waals surface area contributed by atoms with Crippen LogP contribution >= 0.6 is 11.8 Å². The number of thioether (sulfide) groups is 1. The lowest BCUT2D eigenvalue weighted by atomic mass is 10.0. The number of carbonyl (C=O) groups excluding carboxylic acids is 2. The lowest BCUT2D eigenvalue weighted by Crippen LogP contribution is -2.49. The van der Waals surface area contributed by atoms with E-state index in [-0.39, 0.29) is 18.1 Å². The fourth-order valence-corrected chi connectivity index (χ4v) is 2.66. The molecular weight excluding hydrogens is 362 g/mol. The highest BCUT2D eigenvalue weighted by Gasteiger charge is 2.37. The lowest BCUT2D eigenvalue weighted by Gasteiger charge is -2.27. The van der Waals surface area contributed by atoms with E-state index in [0.717, 1.165) is 11.8 Å². The highest BCUT2D eigenvalue weighted by atomic mass is 32.2. The molecule has 0 fully saturated rings. The zero-order valence-electron chi connectivity index (χ0n) is 14.5. The molecule has 1 aromatic heterocycles. The van der Waals surface area contributed by atoms with E-state index >= 15 is 0 Å². The first-order valence-electron chi connectivity index (χ1n) is 7.66. The number of rotatable bonds is 6. The molecule has 2 aromatic rings. The third-order valence-corrected chi connectivity index (χ3v) is 4.53. The van der Waals surface area contributed by atoms with Gasteiger partial charge in [-0.2, -0.15) is 0 Å². The lowest BCUT2D eigenvalue weighted by molar-refractivity contribution is -0.136. The molecule has 26 heavy (non-hydrogen) atoms. The van der Waals surface area contributed by atoms with E-state index in [0.29, 0.717) is 5.75 Å². The minimum absolute atomic E-state index is 0.120. The van der Waals surface area contributed by atoms with E-state index < -0.39 is 27.9 Å². The van der Waals surface area contributed by atoms with Crippen LogP contribution in [0.5, 0.6) is 5.75 Å². The maximum Gasteiger partial charge on any atom is 0.519 e. The first-order chi connectivity index (χ1) is 12.2. The Morgan fingerprint density at radius 2 is 1.88 bits per heavy atom. The van der Waals surface area contributed by atoms with Crippen molar-refractivity contribution < 1.29 is 27.9 Å². The van der Waals surface area contributed by atoms with Gasteiger partial charge in [-0.05, 0) is 44.7 Å². The highest BCUT2D eigenvalue weighted by Crippen LogP contribution is 2.30. The van der Waals surface area contributed by atoms with Crippen LogP contribution in [-0.2, 0) is 16.1 Å². The number of benzene rings is 1. The number of hydrogen-bond acceptors (Lipinski definition) is 9. The van der Waals surface area contributed by atoms with E-state index in [1.807, 2.05) is 0 Å². The number of esters is 1. The maximum atomic E-state index is 12.2. The van der Waals surface area contributed by atoms with Gasteiger partial charge < -0.3 is 24.0 Å². The molecule has 1 heterocycles. The van der Waals surface area contributed by atoms with E-state index in [1.54, 1.807) is 44.2 Å². The summed E-state index contributed by atoms with van der Waals surface area (Å²) >= 11 is 0.743. The average molecular weight is 381 g/mol. The van der Waals surface area contributed by atoms with Crippen molar-refractivity contribution in [2.75, 3.05) is 0 Å². The van der Waals surface area contributed by atoms with Crippen LogP contribution in [0, 0.1) is 6.92 Å². The molecule has 2 N–H and O–H groups in total. The monoisotopic (exact) mass is 381 g/mol. The van der Waals surface area contributed by atoms with Crippen molar-refractivity contribution in [2.45, 2.75) is 38.2 Å². The quantitative estimate of drug-likeness (QED) is 0.594. The predicted octanol–water partition coefficient (Wildman–Crippen LogP) is 2.62. The van der Waals surface area contributed by atoms with Crippen molar-refractivity contribution in [2.24, 2.45) is 5.73 Å². The zero-order valence-corrected chi connectivity index (χ0v) is 15.3. The van der Waals surface area contributed by atoms with Gasteiger partial charge in [0.1, 0.15) is 11.8 Å². The molecule has 0 saturated heterocycles. The smallest absolute Gasteiger partial charge is 0.449 e. The summed E-state index contributed by atoms with van der Waals surface area (Å²) in [5.41, 5.74) is 5.95. The third kappa shape index (κ3) is 5.24. The molecule has 1 atom stereocenters. The van der Waals surface area contributed by atoms with E-state index in [4.69, 9.17) is 19.6 Å². The minimum Gasteiger partial charge on any atom is -0.449 e. The van der Waals surface area contributed by atoms with Crippen LogP contribution in [0.25, 0.3) is 0 Å².